The molecule has 5 N–H and O–H groups in total. The second kappa shape index (κ2) is 9.67. The number of carbonyl (C=O) groups is 1. The molecule has 0 spiro atoms. The summed E-state index contributed by atoms with van der Waals surface area (Å²) in [5, 5.41) is 3.87. The van der Waals surface area contributed by atoms with Crippen LogP contribution in [-0.4, -0.2) is 47.0 Å². The molecular weight excluding hydrogens is 384 g/mol. The second-order valence-electron chi connectivity index (χ2n) is 6.84. The van der Waals surface area contributed by atoms with Crippen molar-refractivity contribution in [2.24, 2.45) is 0 Å². The normalized spacial score (nSPS) is 11.3. The quantitative estimate of drug-likeness (QED) is 0.466. The van der Waals surface area contributed by atoms with E-state index < -0.39 is 0 Å². The van der Waals surface area contributed by atoms with Gasteiger partial charge in [0.15, 0.2) is 0 Å². The first-order chi connectivity index (χ1) is 14.0. The van der Waals surface area contributed by atoms with Crippen molar-refractivity contribution in [1.29, 1.82) is 0 Å². The Bertz CT molecular complexity index is 965. The van der Waals surface area contributed by atoms with Gasteiger partial charge in [-0.05, 0) is 37.2 Å². The molecule has 0 radical (unpaired) electrons. The fourth-order valence-corrected chi connectivity index (χ4v) is 4.51. The first-order valence-corrected chi connectivity index (χ1v) is 10.7. The lowest BCUT2D eigenvalue weighted by atomic mass is 10.0. The zero-order valence-corrected chi connectivity index (χ0v) is 17.8. The Hall–Kier alpha value is -2.71. The molecule has 0 bridgehead atoms. The number of hydrogen-bond donors (Lipinski definition) is 3. The molecule has 0 atom stereocenters. The predicted octanol–water partition coefficient (Wildman–Crippen LogP) is 2.91. The molecule has 1 amide bonds. The Morgan fingerprint density at radius 1 is 1.14 bits per heavy atom. The first-order valence-electron chi connectivity index (χ1n) is 9.90. The number of hydrogen-bond acceptors (Lipinski definition) is 7. The lowest BCUT2D eigenvalue weighted by Gasteiger charge is -2.17. The van der Waals surface area contributed by atoms with E-state index in [1.54, 1.807) is 11.3 Å². The Kier molecular flexibility index (Phi) is 7.00. The third kappa shape index (κ3) is 5.02. The van der Waals surface area contributed by atoms with Gasteiger partial charge in [-0.15, -0.1) is 11.3 Å². The van der Waals surface area contributed by atoms with Crippen LogP contribution in [0.3, 0.4) is 0 Å². The number of nitrogens with two attached hydrogens (primary N) is 2. The maximum absolute atomic E-state index is 12.4. The van der Waals surface area contributed by atoms with Crippen LogP contribution in [0.1, 0.15) is 25.1 Å². The summed E-state index contributed by atoms with van der Waals surface area (Å²) in [4.78, 5) is 25.1. The van der Waals surface area contributed by atoms with Crippen LogP contribution in [0.15, 0.2) is 30.6 Å². The van der Waals surface area contributed by atoms with Crippen LogP contribution in [-0.2, 0) is 11.2 Å². The van der Waals surface area contributed by atoms with Gasteiger partial charge in [-0.3, -0.25) is 4.79 Å². The summed E-state index contributed by atoms with van der Waals surface area (Å²) in [7, 11) is 0. The molecule has 2 heterocycles. The number of aryl methyl sites for hydroxylation is 1. The molecule has 0 aliphatic heterocycles. The molecule has 0 aliphatic carbocycles. The predicted molar refractivity (Wildman–Crippen MR) is 121 cm³/mol. The summed E-state index contributed by atoms with van der Waals surface area (Å²) >= 11 is 1.56. The zero-order valence-electron chi connectivity index (χ0n) is 16.9. The van der Waals surface area contributed by atoms with Crippen LogP contribution >= 0.6 is 11.3 Å². The summed E-state index contributed by atoms with van der Waals surface area (Å²) in [6, 6.07) is 7.67. The molecule has 3 rings (SSSR count). The number of aromatic nitrogens is 2. The maximum atomic E-state index is 12.4. The van der Waals surface area contributed by atoms with Gasteiger partial charge in [0, 0.05) is 35.6 Å². The van der Waals surface area contributed by atoms with Crippen molar-refractivity contribution < 1.29 is 4.79 Å². The van der Waals surface area contributed by atoms with Crippen molar-refractivity contribution in [3.63, 3.8) is 0 Å². The highest BCUT2D eigenvalue weighted by Crippen LogP contribution is 2.40. The zero-order chi connectivity index (χ0) is 20.8. The highest BCUT2D eigenvalue weighted by atomic mass is 32.1. The van der Waals surface area contributed by atoms with Gasteiger partial charge in [0.1, 0.15) is 17.0 Å². The van der Waals surface area contributed by atoms with Crippen LogP contribution in [0.2, 0.25) is 0 Å². The number of likely N-dealkylation sites (N-methyl/N-ethyl adjacent to an activating group) is 1. The largest absolute Gasteiger partial charge is 0.399 e. The maximum Gasteiger partial charge on any atom is 0.220 e. The summed E-state index contributed by atoms with van der Waals surface area (Å²) in [5.41, 5.74) is 14.7. The number of nitrogens with one attached hydrogen (secondary N) is 1. The highest BCUT2D eigenvalue weighted by Gasteiger charge is 2.18. The minimum atomic E-state index is 0.0527. The van der Waals surface area contributed by atoms with E-state index in [2.05, 4.69) is 34.0 Å². The van der Waals surface area contributed by atoms with Crippen molar-refractivity contribution in [1.82, 2.24) is 20.2 Å². The lowest BCUT2D eigenvalue weighted by Crippen LogP contribution is -2.34. The van der Waals surface area contributed by atoms with Gasteiger partial charge >= 0.3 is 0 Å². The smallest absolute Gasteiger partial charge is 0.220 e. The standard InChI is InChI=1S/C21H28N6OS/c1-3-27(4-2)12-11-24-17(28)10-9-16-18(14-5-7-15(22)8-6-14)19-20(23)25-13-26-21(19)29-16/h5-8,13H,3-4,9-12,22H2,1-2H3,(H,24,28)(H2,23,25,26). The molecule has 0 unspecified atom stereocenters. The molecule has 29 heavy (non-hydrogen) atoms. The van der Waals surface area contributed by atoms with E-state index in [-0.39, 0.29) is 5.91 Å². The lowest BCUT2D eigenvalue weighted by molar-refractivity contribution is -0.121. The van der Waals surface area contributed by atoms with Gasteiger partial charge in [0.25, 0.3) is 0 Å². The van der Waals surface area contributed by atoms with Gasteiger partial charge in [0.2, 0.25) is 5.91 Å². The summed E-state index contributed by atoms with van der Waals surface area (Å²) in [6.45, 7) is 7.75. The van der Waals surface area contributed by atoms with Gasteiger partial charge in [-0.25, -0.2) is 9.97 Å². The number of nitrogens with zero attached hydrogens (tertiary/aromatic N) is 3. The monoisotopic (exact) mass is 412 g/mol. The number of carbonyl (C=O) groups excluding carboxylic acids is 1. The Morgan fingerprint density at radius 2 is 1.86 bits per heavy atom. The minimum absolute atomic E-state index is 0.0527. The molecule has 2 aromatic heterocycles. The van der Waals surface area contributed by atoms with Gasteiger partial charge < -0.3 is 21.7 Å². The Balaban J connectivity index is 1.77. The van der Waals surface area contributed by atoms with E-state index >= 15 is 0 Å². The summed E-state index contributed by atoms with van der Waals surface area (Å²) in [6.07, 6.45) is 2.52. The van der Waals surface area contributed by atoms with Crippen molar-refractivity contribution in [3.8, 4) is 11.1 Å². The molecule has 8 heteroatoms. The molecule has 154 valence electrons. The molecule has 0 aliphatic rings. The number of amides is 1. The topological polar surface area (TPSA) is 110 Å². The van der Waals surface area contributed by atoms with Gasteiger partial charge in [-0.2, -0.15) is 0 Å². The van der Waals surface area contributed by atoms with E-state index in [0.29, 0.717) is 30.9 Å². The van der Waals surface area contributed by atoms with Crippen LogP contribution in [0, 0.1) is 0 Å². The van der Waals surface area contributed by atoms with Crippen molar-refractivity contribution in [2.75, 3.05) is 37.6 Å². The number of anilines is 2. The number of benzene rings is 1. The van der Waals surface area contributed by atoms with Crippen LogP contribution in [0.4, 0.5) is 11.5 Å². The van der Waals surface area contributed by atoms with Crippen molar-refractivity contribution in [2.45, 2.75) is 26.7 Å². The van der Waals surface area contributed by atoms with E-state index in [0.717, 1.165) is 45.9 Å². The number of rotatable bonds is 9. The van der Waals surface area contributed by atoms with E-state index in [1.807, 2.05) is 24.3 Å². The third-order valence-corrected chi connectivity index (χ3v) is 6.17. The first kappa shape index (κ1) is 21.0. The second-order valence-corrected chi connectivity index (χ2v) is 7.92. The molecule has 0 saturated carbocycles. The van der Waals surface area contributed by atoms with Crippen LogP contribution in [0.5, 0.6) is 0 Å². The summed E-state index contributed by atoms with van der Waals surface area (Å²) < 4.78 is 0. The Labute approximate surface area is 175 Å². The van der Waals surface area contributed by atoms with Crippen LogP contribution < -0.4 is 16.8 Å². The average molecular weight is 413 g/mol. The van der Waals surface area contributed by atoms with E-state index in [4.69, 9.17) is 11.5 Å². The molecular formula is C21H28N6OS. The molecule has 3 aromatic rings. The van der Waals surface area contributed by atoms with E-state index in [1.165, 1.54) is 6.33 Å². The van der Waals surface area contributed by atoms with Gasteiger partial charge in [-0.1, -0.05) is 26.0 Å². The molecule has 1 aromatic carbocycles. The van der Waals surface area contributed by atoms with Crippen molar-refractivity contribution >= 4 is 39.0 Å². The van der Waals surface area contributed by atoms with Crippen molar-refractivity contribution in [3.05, 3.63) is 35.5 Å². The average Bonchev–Trinajstić information content (AvgIpc) is 3.10. The fourth-order valence-electron chi connectivity index (χ4n) is 3.34. The van der Waals surface area contributed by atoms with Gasteiger partial charge in [0.05, 0.1) is 5.39 Å². The van der Waals surface area contributed by atoms with E-state index in [9.17, 15) is 4.79 Å². The number of fused-ring (bicyclic) bond motifs is 1. The molecule has 0 saturated heterocycles. The number of nitrogen functional groups attached to an aromatic ring is 2. The minimum Gasteiger partial charge on any atom is -0.399 e. The molecule has 0 fully saturated rings. The summed E-state index contributed by atoms with van der Waals surface area (Å²) in [5.74, 6) is 0.505. The SMILES string of the molecule is CCN(CC)CCNC(=O)CCc1sc2ncnc(N)c2c1-c1ccc(N)cc1. The fraction of sp³-hybridized carbons (Fsp3) is 0.381. The molecule has 7 nitrogen and oxygen atoms in total. The third-order valence-electron chi connectivity index (χ3n) is 5.01. The highest BCUT2D eigenvalue weighted by molar-refractivity contribution is 7.19. The Morgan fingerprint density at radius 3 is 2.55 bits per heavy atom. The van der Waals surface area contributed by atoms with Crippen LogP contribution in [0.25, 0.3) is 21.3 Å². The number of thiophene rings is 1.